The van der Waals surface area contributed by atoms with Gasteiger partial charge in [0.15, 0.2) is 5.82 Å². The molecule has 1 fully saturated rings. The Labute approximate surface area is 149 Å². The summed E-state index contributed by atoms with van der Waals surface area (Å²) in [7, 11) is 1.69. The van der Waals surface area contributed by atoms with E-state index >= 15 is 0 Å². The third kappa shape index (κ3) is 3.20. The van der Waals surface area contributed by atoms with Crippen molar-refractivity contribution in [3.05, 3.63) is 24.4 Å². The van der Waals surface area contributed by atoms with E-state index in [9.17, 15) is 14.7 Å². The fourth-order valence-corrected chi connectivity index (χ4v) is 2.67. The highest BCUT2D eigenvalue weighted by molar-refractivity contribution is 6.03. The minimum absolute atomic E-state index is 0.0493. The molecule has 0 unspecified atom stereocenters. The quantitative estimate of drug-likeness (QED) is 0.680. The zero-order valence-corrected chi connectivity index (χ0v) is 14.2. The van der Waals surface area contributed by atoms with Crippen LogP contribution in [-0.4, -0.2) is 43.8 Å². The molecular formula is C16H17N7O3. The van der Waals surface area contributed by atoms with Crippen molar-refractivity contribution in [3.8, 4) is 6.07 Å². The zero-order valence-electron chi connectivity index (χ0n) is 14.2. The van der Waals surface area contributed by atoms with Crippen LogP contribution in [0.5, 0.6) is 0 Å². The average molecular weight is 355 g/mol. The van der Waals surface area contributed by atoms with E-state index in [2.05, 4.69) is 20.7 Å². The average Bonchev–Trinajstić information content (AvgIpc) is 3.08. The number of carbonyl (C=O) groups is 2. The maximum Gasteiger partial charge on any atom is 0.273 e. The first-order chi connectivity index (χ1) is 12.3. The van der Waals surface area contributed by atoms with Crippen molar-refractivity contribution in [2.45, 2.75) is 18.9 Å². The molecule has 10 nitrogen and oxygen atoms in total. The van der Waals surface area contributed by atoms with E-state index < -0.39 is 11.5 Å². The van der Waals surface area contributed by atoms with E-state index in [0.29, 0.717) is 23.1 Å². The molecule has 1 aliphatic heterocycles. The Morgan fingerprint density at radius 2 is 2.19 bits per heavy atom. The van der Waals surface area contributed by atoms with Crippen molar-refractivity contribution in [1.82, 2.24) is 14.8 Å². The van der Waals surface area contributed by atoms with Crippen molar-refractivity contribution < 1.29 is 14.7 Å². The number of hydrogen-bond acceptors (Lipinski definition) is 7. The van der Waals surface area contributed by atoms with Gasteiger partial charge in [0.25, 0.3) is 5.91 Å². The van der Waals surface area contributed by atoms with E-state index in [0.717, 1.165) is 0 Å². The van der Waals surface area contributed by atoms with Crippen LogP contribution >= 0.6 is 0 Å². The minimum atomic E-state index is -1.98. The van der Waals surface area contributed by atoms with Gasteiger partial charge in [0.2, 0.25) is 11.5 Å². The maximum atomic E-state index is 12.2. The molecule has 10 heteroatoms. The van der Waals surface area contributed by atoms with Crippen LogP contribution in [0.25, 0.3) is 0 Å². The number of pyridine rings is 1. The molecule has 0 aromatic carbocycles. The number of hydrogen-bond donors (Lipinski definition) is 3. The van der Waals surface area contributed by atoms with Gasteiger partial charge in [0, 0.05) is 51.0 Å². The summed E-state index contributed by atoms with van der Waals surface area (Å²) < 4.78 is 1.50. The first-order valence-electron chi connectivity index (χ1n) is 7.83. The van der Waals surface area contributed by atoms with Crippen molar-refractivity contribution >= 4 is 35.0 Å². The van der Waals surface area contributed by atoms with Gasteiger partial charge in [-0.3, -0.25) is 14.3 Å². The summed E-state index contributed by atoms with van der Waals surface area (Å²) >= 11 is 0. The summed E-state index contributed by atoms with van der Waals surface area (Å²) in [6.45, 7) is 1.64. The van der Waals surface area contributed by atoms with Crippen LogP contribution in [0.2, 0.25) is 0 Å². The molecule has 1 aliphatic rings. The topological polar surface area (TPSA) is 136 Å². The SMILES string of the molecule is CC(=O)Nc1cc(Nc2cc(N3CC[C@](O)(C#N)C3=O)ccn2)nn1C. The number of nitrogens with zero attached hydrogens (tertiary/aromatic N) is 5. The molecule has 26 heavy (non-hydrogen) atoms. The summed E-state index contributed by atoms with van der Waals surface area (Å²) in [6, 6.07) is 6.54. The molecule has 0 saturated carbocycles. The first-order valence-corrected chi connectivity index (χ1v) is 7.83. The van der Waals surface area contributed by atoms with Crippen LogP contribution in [0.3, 0.4) is 0 Å². The predicted molar refractivity (Wildman–Crippen MR) is 92.6 cm³/mol. The van der Waals surface area contributed by atoms with Gasteiger partial charge >= 0.3 is 0 Å². The smallest absolute Gasteiger partial charge is 0.273 e. The van der Waals surface area contributed by atoms with Crippen LogP contribution < -0.4 is 15.5 Å². The number of carbonyl (C=O) groups excluding carboxylic acids is 2. The summed E-state index contributed by atoms with van der Waals surface area (Å²) in [5.41, 5.74) is -1.47. The number of nitriles is 1. The standard InChI is InChI=1S/C16H17N7O3/c1-10(24)19-14-8-13(21-22(14)2)20-12-7-11(3-5-18-12)23-6-4-16(26,9-17)15(23)25/h3,5,7-8,26H,4,6H2,1-2H3,(H,19,24)(H,18,20,21)/t16-/m0/s1. The molecule has 0 radical (unpaired) electrons. The monoisotopic (exact) mass is 355 g/mol. The lowest BCUT2D eigenvalue weighted by atomic mass is 10.1. The highest BCUT2D eigenvalue weighted by Gasteiger charge is 2.46. The van der Waals surface area contributed by atoms with E-state index in [-0.39, 0.29) is 18.9 Å². The molecule has 0 bridgehead atoms. The molecule has 2 aromatic heterocycles. The van der Waals surface area contributed by atoms with Gasteiger partial charge in [-0.15, -0.1) is 0 Å². The Hall–Kier alpha value is -3.45. The predicted octanol–water partition coefficient (Wildman–Crippen LogP) is 0.508. The molecule has 0 aliphatic carbocycles. The van der Waals surface area contributed by atoms with E-state index in [1.54, 1.807) is 31.3 Å². The third-order valence-electron chi connectivity index (χ3n) is 3.98. The Kier molecular flexibility index (Phi) is 4.31. The van der Waals surface area contributed by atoms with Crippen LogP contribution in [0.1, 0.15) is 13.3 Å². The van der Waals surface area contributed by atoms with Crippen molar-refractivity contribution in [2.75, 3.05) is 22.1 Å². The van der Waals surface area contributed by atoms with E-state index in [1.807, 2.05) is 0 Å². The Morgan fingerprint density at radius 1 is 1.42 bits per heavy atom. The molecule has 2 aromatic rings. The number of aryl methyl sites for hydroxylation is 1. The largest absolute Gasteiger partial charge is 0.368 e. The molecule has 3 N–H and O–H groups in total. The maximum absolute atomic E-state index is 12.2. The lowest BCUT2D eigenvalue weighted by molar-refractivity contribution is -0.128. The van der Waals surface area contributed by atoms with Crippen molar-refractivity contribution in [2.24, 2.45) is 7.05 Å². The number of amides is 2. The van der Waals surface area contributed by atoms with Gasteiger partial charge in [0.05, 0.1) is 0 Å². The number of aliphatic hydroxyl groups is 1. The van der Waals surface area contributed by atoms with Crippen LogP contribution in [0, 0.1) is 11.3 Å². The normalized spacial score (nSPS) is 19.3. The third-order valence-corrected chi connectivity index (χ3v) is 3.98. The molecule has 134 valence electrons. The van der Waals surface area contributed by atoms with Crippen LogP contribution in [0.4, 0.5) is 23.1 Å². The zero-order chi connectivity index (χ0) is 18.9. The molecule has 3 heterocycles. The van der Waals surface area contributed by atoms with Crippen molar-refractivity contribution in [1.29, 1.82) is 5.26 Å². The molecule has 1 atom stereocenters. The number of rotatable bonds is 4. The second kappa shape index (κ2) is 6.45. The summed E-state index contributed by atoms with van der Waals surface area (Å²) in [5.74, 6) is 0.544. The van der Waals surface area contributed by atoms with Gasteiger partial charge in [-0.2, -0.15) is 10.4 Å². The van der Waals surface area contributed by atoms with Gasteiger partial charge in [-0.1, -0.05) is 0 Å². The lowest BCUT2D eigenvalue weighted by Gasteiger charge is -2.18. The Balaban J connectivity index is 1.80. The minimum Gasteiger partial charge on any atom is -0.368 e. The lowest BCUT2D eigenvalue weighted by Crippen LogP contribution is -2.38. The fourth-order valence-electron chi connectivity index (χ4n) is 2.67. The van der Waals surface area contributed by atoms with Crippen molar-refractivity contribution in [3.63, 3.8) is 0 Å². The Morgan fingerprint density at radius 3 is 2.85 bits per heavy atom. The summed E-state index contributed by atoms with van der Waals surface area (Å²) in [4.78, 5) is 28.9. The summed E-state index contributed by atoms with van der Waals surface area (Å²) in [6.07, 6.45) is 1.56. The van der Waals surface area contributed by atoms with E-state index in [4.69, 9.17) is 5.26 Å². The van der Waals surface area contributed by atoms with Gasteiger partial charge < -0.3 is 20.6 Å². The second-order valence-corrected chi connectivity index (χ2v) is 5.92. The number of aromatic nitrogens is 3. The fraction of sp³-hybridized carbons (Fsp3) is 0.312. The molecular weight excluding hydrogens is 338 g/mol. The van der Waals surface area contributed by atoms with Crippen LogP contribution in [-0.2, 0) is 16.6 Å². The van der Waals surface area contributed by atoms with Crippen LogP contribution in [0.15, 0.2) is 24.4 Å². The number of nitrogens with one attached hydrogen (secondary N) is 2. The van der Waals surface area contributed by atoms with Gasteiger partial charge in [-0.05, 0) is 6.07 Å². The molecule has 0 spiro atoms. The van der Waals surface area contributed by atoms with Gasteiger partial charge in [-0.25, -0.2) is 4.98 Å². The summed E-state index contributed by atoms with van der Waals surface area (Å²) in [5, 5.41) is 28.8. The highest BCUT2D eigenvalue weighted by Crippen LogP contribution is 2.29. The molecule has 3 rings (SSSR count). The number of anilines is 4. The second-order valence-electron chi connectivity index (χ2n) is 5.92. The van der Waals surface area contributed by atoms with E-state index in [1.165, 1.54) is 22.7 Å². The van der Waals surface area contributed by atoms with Gasteiger partial charge in [0.1, 0.15) is 17.7 Å². The highest BCUT2D eigenvalue weighted by atomic mass is 16.3. The molecule has 2 amide bonds. The molecule has 1 saturated heterocycles. The Bertz CT molecular complexity index is 917. The first kappa shape index (κ1) is 17.4.